The summed E-state index contributed by atoms with van der Waals surface area (Å²) in [5.74, 6) is -1.36. The average molecular weight is 527 g/mol. The minimum atomic E-state index is -2.34. The van der Waals surface area contributed by atoms with Crippen LogP contribution in [0.2, 0.25) is 0 Å². The van der Waals surface area contributed by atoms with Crippen molar-refractivity contribution in [3.8, 4) is 28.4 Å². The predicted octanol–water partition coefficient (Wildman–Crippen LogP) is 5.34. The first-order valence-corrected chi connectivity index (χ1v) is 12.4. The third-order valence-electron chi connectivity index (χ3n) is 5.58. The molecule has 0 saturated heterocycles. The second-order valence-electron chi connectivity index (χ2n) is 8.08. The normalized spacial score (nSPS) is 12.7. The molecule has 2 atom stereocenters. The van der Waals surface area contributed by atoms with E-state index in [0.717, 1.165) is 11.6 Å². The number of halogens is 2. The zero-order chi connectivity index (χ0) is 26.5. The highest BCUT2D eigenvalue weighted by Gasteiger charge is 2.21. The van der Waals surface area contributed by atoms with Crippen molar-refractivity contribution in [2.24, 2.45) is 7.05 Å². The number of hydrogen-bond donors (Lipinski definition) is 2. The van der Waals surface area contributed by atoms with Crippen LogP contribution in [0.15, 0.2) is 83.8 Å². The molecule has 10 heteroatoms. The van der Waals surface area contributed by atoms with Crippen LogP contribution in [0.1, 0.15) is 24.1 Å². The molecule has 0 spiro atoms. The number of aryl methyl sites for hydroxylation is 1. The topological polar surface area (TPSA) is 89.8 Å². The summed E-state index contributed by atoms with van der Waals surface area (Å²) in [6, 6.07) is 17.6. The molecule has 0 radical (unpaired) electrons. The lowest BCUT2D eigenvalue weighted by molar-refractivity contribution is 0.340. The van der Waals surface area contributed by atoms with Crippen LogP contribution < -0.4 is 19.8 Å². The first kappa shape index (κ1) is 26.2. The Bertz CT molecular complexity index is 1490. The fourth-order valence-electron chi connectivity index (χ4n) is 3.87. The minimum absolute atomic E-state index is 0.200. The highest BCUT2D eigenvalue weighted by atomic mass is 32.2. The molecule has 0 saturated carbocycles. The smallest absolute Gasteiger partial charge is 0.254 e. The maximum Gasteiger partial charge on any atom is 0.254 e. The molecule has 1 aromatic heterocycles. The Morgan fingerprint density at radius 3 is 2.35 bits per heavy atom. The van der Waals surface area contributed by atoms with Gasteiger partial charge in [0.2, 0.25) is 11.3 Å². The summed E-state index contributed by atoms with van der Waals surface area (Å²) in [6.45, 7) is 2.05. The molecule has 4 rings (SSSR count). The van der Waals surface area contributed by atoms with Gasteiger partial charge in [0.05, 0.1) is 12.6 Å². The molecule has 0 aliphatic carbocycles. The van der Waals surface area contributed by atoms with Crippen LogP contribution in [0.25, 0.3) is 11.1 Å². The van der Waals surface area contributed by atoms with Gasteiger partial charge in [-0.05, 0) is 42.3 Å². The monoisotopic (exact) mass is 526 g/mol. The van der Waals surface area contributed by atoms with Crippen LogP contribution in [0, 0.1) is 11.6 Å². The largest absolute Gasteiger partial charge is 0.493 e. The summed E-state index contributed by atoms with van der Waals surface area (Å²) in [5.41, 5.74) is 1.91. The van der Waals surface area contributed by atoms with Crippen molar-refractivity contribution in [2.75, 3.05) is 6.61 Å². The Labute approximate surface area is 214 Å². The molecule has 4 aromatic rings. The van der Waals surface area contributed by atoms with E-state index in [1.807, 2.05) is 6.07 Å². The van der Waals surface area contributed by atoms with Gasteiger partial charge in [0.25, 0.3) is 5.56 Å². The first-order chi connectivity index (χ1) is 17.8. The fourth-order valence-corrected chi connectivity index (χ4v) is 4.34. The van der Waals surface area contributed by atoms with E-state index in [9.17, 15) is 22.3 Å². The van der Waals surface area contributed by atoms with Gasteiger partial charge >= 0.3 is 0 Å². The summed E-state index contributed by atoms with van der Waals surface area (Å²) < 4.78 is 64.9. The van der Waals surface area contributed by atoms with Gasteiger partial charge in [-0.25, -0.2) is 17.7 Å². The standard InChI is InChI=1S/C27H24F2N2O5S/c1-3-35-25-15-26(32)31(2)16-21(25)20-13-18(27(30-37(33)34)17-7-5-4-6-8-17)9-11-23(20)36-24-12-10-19(28)14-22(24)29/h4-16,27,30H,3H2,1-2H3,(H,33,34). The van der Waals surface area contributed by atoms with Crippen molar-refractivity contribution in [1.82, 2.24) is 9.29 Å². The third-order valence-corrected chi connectivity index (χ3v) is 6.02. The lowest BCUT2D eigenvalue weighted by atomic mass is 9.95. The molecule has 2 N–H and O–H groups in total. The van der Waals surface area contributed by atoms with Crippen LogP contribution >= 0.6 is 0 Å². The number of aromatic nitrogens is 1. The zero-order valence-electron chi connectivity index (χ0n) is 20.0. The van der Waals surface area contributed by atoms with Crippen molar-refractivity contribution < 1.29 is 27.0 Å². The predicted molar refractivity (Wildman–Crippen MR) is 137 cm³/mol. The van der Waals surface area contributed by atoms with Gasteiger partial charge in [0.15, 0.2) is 11.6 Å². The van der Waals surface area contributed by atoms with Crippen LogP contribution in [0.3, 0.4) is 0 Å². The zero-order valence-corrected chi connectivity index (χ0v) is 20.8. The molecule has 37 heavy (non-hydrogen) atoms. The van der Waals surface area contributed by atoms with E-state index in [2.05, 4.69) is 4.72 Å². The van der Waals surface area contributed by atoms with E-state index in [1.54, 1.807) is 62.6 Å². The third kappa shape index (κ3) is 6.11. The molecular formula is C27H24F2N2O5S. The number of rotatable bonds is 9. The lowest BCUT2D eigenvalue weighted by Gasteiger charge is -2.21. The molecule has 7 nitrogen and oxygen atoms in total. The molecule has 2 unspecified atom stereocenters. The van der Waals surface area contributed by atoms with Gasteiger partial charge in [0.1, 0.15) is 17.3 Å². The summed E-state index contributed by atoms with van der Waals surface area (Å²) in [4.78, 5) is 12.3. The number of hydrogen-bond acceptors (Lipinski definition) is 4. The van der Waals surface area contributed by atoms with Gasteiger partial charge in [-0.1, -0.05) is 36.4 Å². The Morgan fingerprint density at radius 1 is 0.946 bits per heavy atom. The lowest BCUT2D eigenvalue weighted by Crippen LogP contribution is -2.24. The van der Waals surface area contributed by atoms with E-state index in [4.69, 9.17) is 9.47 Å². The maximum absolute atomic E-state index is 14.5. The van der Waals surface area contributed by atoms with E-state index >= 15 is 0 Å². The Kier molecular flexibility index (Phi) is 8.12. The van der Waals surface area contributed by atoms with Gasteiger partial charge in [-0.15, -0.1) is 0 Å². The molecule has 0 aliphatic rings. The molecule has 0 amide bonds. The van der Waals surface area contributed by atoms with Crippen molar-refractivity contribution >= 4 is 11.3 Å². The molecule has 0 aliphatic heterocycles. The molecule has 0 bridgehead atoms. The molecule has 192 valence electrons. The van der Waals surface area contributed by atoms with E-state index in [-0.39, 0.29) is 29.4 Å². The number of nitrogens with one attached hydrogen (secondary N) is 1. The van der Waals surface area contributed by atoms with Crippen LogP contribution in [-0.2, 0) is 18.3 Å². The van der Waals surface area contributed by atoms with Crippen molar-refractivity contribution in [1.29, 1.82) is 0 Å². The number of nitrogens with zero attached hydrogens (tertiary/aromatic N) is 1. The quantitative estimate of drug-likeness (QED) is 0.288. The highest BCUT2D eigenvalue weighted by molar-refractivity contribution is 7.77. The van der Waals surface area contributed by atoms with Crippen molar-refractivity contribution in [3.63, 3.8) is 0 Å². The number of ether oxygens (including phenoxy) is 2. The number of pyridine rings is 1. The Hall–Kier alpha value is -3.86. The van der Waals surface area contributed by atoms with E-state index < -0.39 is 28.9 Å². The highest BCUT2D eigenvalue weighted by Crippen LogP contribution is 2.40. The van der Waals surface area contributed by atoms with Crippen LogP contribution in [-0.4, -0.2) is 19.9 Å². The second kappa shape index (κ2) is 11.5. The minimum Gasteiger partial charge on any atom is -0.493 e. The fraction of sp³-hybridized carbons (Fsp3) is 0.148. The average Bonchev–Trinajstić information content (AvgIpc) is 2.87. The number of benzene rings is 3. The Morgan fingerprint density at radius 2 is 1.68 bits per heavy atom. The van der Waals surface area contributed by atoms with Gasteiger partial charge in [-0.2, -0.15) is 0 Å². The molecule has 0 fully saturated rings. The van der Waals surface area contributed by atoms with Crippen molar-refractivity contribution in [2.45, 2.75) is 13.0 Å². The summed E-state index contributed by atoms with van der Waals surface area (Å²) in [5, 5.41) is 0. The summed E-state index contributed by atoms with van der Waals surface area (Å²) >= 11 is -2.34. The molecule has 1 heterocycles. The SMILES string of the molecule is CCOc1cc(=O)n(C)cc1-c1cc(C(NS(=O)O)c2ccccc2)ccc1Oc1ccc(F)cc1F. The second-order valence-corrected chi connectivity index (χ2v) is 8.81. The maximum atomic E-state index is 14.5. The first-order valence-electron chi connectivity index (χ1n) is 11.3. The van der Waals surface area contributed by atoms with Gasteiger partial charge in [0, 0.05) is 36.5 Å². The summed E-state index contributed by atoms with van der Waals surface area (Å²) in [6.07, 6.45) is 1.56. The van der Waals surface area contributed by atoms with E-state index in [0.29, 0.717) is 22.8 Å². The van der Waals surface area contributed by atoms with Gasteiger partial charge < -0.3 is 14.0 Å². The summed E-state index contributed by atoms with van der Waals surface area (Å²) in [7, 11) is 1.58. The van der Waals surface area contributed by atoms with E-state index in [1.165, 1.54) is 16.7 Å². The van der Waals surface area contributed by atoms with Crippen molar-refractivity contribution in [3.05, 3.63) is 112 Å². The van der Waals surface area contributed by atoms with Crippen LogP contribution in [0.4, 0.5) is 8.78 Å². The van der Waals surface area contributed by atoms with Crippen LogP contribution in [0.5, 0.6) is 17.2 Å². The molecule has 3 aromatic carbocycles. The van der Waals surface area contributed by atoms with Gasteiger partial charge in [-0.3, -0.25) is 9.35 Å². The Balaban J connectivity index is 1.93. The molecular weight excluding hydrogens is 502 g/mol.